The highest BCUT2D eigenvalue weighted by atomic mass is 32.1. The van der Waals surface area contributed by atoms with Crippen molar-refractivity contribution >= 4 is 44.1 Å². The molecule has 1 atom stereocenters. The van der Waals surface area contributed by atoms with Gasteiger partial charge >= 0.3 is 5.91 Å². The zero-order valence-electron chi connectivity index (χ0n) is 21.5. The Balaban J connectivity index is 1.62. The topological polar surface area (TPSA) is 89.0 Å². The molecule has 0 saturated carbocycles. The van der Waals surface area contributed by atoms with Crippen molar-refractivity contribution in [2.75, 3.05) is 18.1 Å². The largest absolute Gasteiger partial charge is 0.507 e. The number of benzene rings is 3. The standard InChI is InChI=1S/C30H27FN2O5S/c1-3-5-16-38-21-12-8-18(9-13-21)26-25(27(34)19-6-10-20(31)11-7-19)28(35)29(36)33(26)30-32-23-15-14-22(37-4-2)17-24(23)39-30/h6-15,17,26,34H,3-5,16H2,1-2H3/b27-25+. The van der Waals surface area contributed by atoms with Crippen LogP contribution in [0.1, 0.15) is 43.9 Å². The monoisotopic (exact) mass is 546 g/mol. The molecule has 1 fully saturated rings. The highest BCUT2D eigenvalue weighted by molar-refractivity contribution is 7.22. The number of carbonyl (C=O) groups excluding carboxylic acids is 2. The normalized spacial score (nSPS) is 16.7. The molecular weight excluding hydrogens is 519 g/mol. The Hall–Kier alpha value is -4.24. The summed E-state index contributed by atoms with van der Waals surface area (Å²) < 4.78 is 25.7. The molecule has 3 aromatic carbocycles. The summed E-state index contributed by atoms with van der Waals surface area (Å²) in [6, 6.07) is 16.7. The first-order chi connectivity index (χ1) is 18.9. The Morgan fingerprint density at radius 1 is 1.00 bits per heavy atom. The minimum absolute atomic E-state index is 0.0967. The Bertz CT molecular complexity index is 1550. The maximum Gasteiger partial charge on any atom is 0.301 e. The van der Waals surface area contributed by atoms with Crippen LogP contribution in [0.25, 0.3) is 16.0 Å². The Morgan fingerprint density at radius 2 is 1.72 bits per heavy atom. The van der Waals surface area contributed by atoms with Gasteiger partial charge in [-0.05, 0) is 73.5 Å². The summed E-state index contributed by atoms with van der Waals surface area (Å²) in [5.74, 6) is -1.19. The third-order valence-corrected chi connectivity index (χ3v) is 7.41. The van der Waals surface area contributed by atoms with Crippen molar-refractivity contribution in [1.29, 1.82) is 0 Å². The van der Waals surface area contributed by atoms with E-state index < -0.39 is 23.5 Å². The molecule has 9 heteroatoms. The van der Waals surface area contributed by atoms with Gasteiger partial charge in [-0.15, -0.1) is 0 Å². The molecular formula is C30H27FN2O5S. The van der Waals surface area contributed by atoms with Crippen LogP contribution in [-0.2, 0) is 9.59 Å². The van der Waals surface area contributed by atoms with Crippen LogP contribution < -0.4 is 14.4 Å². The molecule has 200 valence electrons. The van der Waals surface area contributed by atoms with Crippen LogP contribution >= 0.6 is 11.3 Å². The molecule has 1 aliphatic rings. The number of rotatable bonds is 9. The molecule has 1 unspecified atom stereocenters. The van der Waals surface area contributed by atoms with Gasteiger partial charge in [0, 0.05) is 5.56 Å². The van der Waals surface area contributed by atoms with Crippen LogP contribution in [0.2, 0.25) is 0 Å². The Morgan fingerprint density at radius 3 is 2.41 bits per heavy atom. The summed E-state index contributed by atoms with van der Waals surface area (Å²) in [5.41, 5.74) is 1.37. The summed E-state index contributed by atoms with van der Waals surface area (Å²) in [5, 5.41) is 11.5. The third-order valence-electron chi connectivity index (χ3n) is 6.39. The fraction of sp³-hybridized carbons (Fsp3) is 0.233. The summed E-state index contributed by atoms with van der Waals surface area (Å²) in [6.45, 7) is 5.06. The lowest BCUT2D eigenvalue weighted by Crippen LogP contribution is -2.29. The van der Waals surface area contributed by atoms with E-state index in [1.165, 1.54) is 40.5 Å². The third kappa shape index (κ3) is 5.22. The van der Waals surface area contributed by atoms with Crippen LogP contribution in [0.4, 0.5) is 9.52 Å². The highest BCUT2D eigenvalue weighted by Crippen LogP contribution is 2.45. The van der Waals surface area contributed by atoms with Gasteiger partial charge in [0.05, 0.1) is 35.0 Å². The number of aliphatic hydroxyl groups excluding tert-OH is 1. The number of hydrogen-bond donors (Lipinski definition) is 1. The van der Waals surface area contributed by atoms with E-state index in [1.54, 1.807) is 36.4 Å². The molecule has 7 nitrogen and oxygen atoms in total. The van der Waals surface area contributed by atoms with Crippen LogP contribution in [0, 0.1) is 5.82 Å². The molecule has 2 heterocycles. The van der Waals surface area contributed by atoms with E-state index >= 15 is 0 Å². The number of Topliss-reactive ketones (excluding diaryl/α,β-unsaturated/α-hetero) is 1. The van der Waals surface area contributed by atoms with Crippen molar-refractivity contribution in [2.24, 2.45) is 0 Å². The van der Waals surface area contributed by atoms with E-state index in [-0.39, 0.29) is 16.9 Å². The van der Waals surface area contributed by atoms with Gasteiger partial charge in [-0.2, -0.15) is 0 Å². The van der Waals surface area contributed by atoms with Crippen molar-refractivity contribution in [2.45, 2.75) is 32.7 Å². The van der Waals surface area contributed by atoms with Gasteiger partial charge < -0.3 is 14.6 Å². The highest BCUT2D eigenvalue weighted by Gasteiger charge is 2.48. The number of thiazole rings is 1. The predicted molar refractivity (Wildman–Crippen MR) is 149 cm³/mol. The molecule has 1 aromatic heterocycles. The van der Waals surface area contributed by atoms with E-state index in [0.29, 0.717) is 40.9 Å². The first-order valence-corrected chi connectivity index (χ1v) is 13.6. The second kappa shape index (κ2) is 11.2. The van der Waals surface area contributed by atoms with Crippen molar-refractivity contribution in [1.82, 2.24) is 4.98 Å². The fourth-order valence-electron chi connectivity index (χ4n) is 4.44. The molecule has 0 aliphatic carbocycles. The lowest BCUT2D eigenvalue weighted by Gasteiger charge is -2.23. The second-order valence-electron chi connectivity index (χ2n) is 9.01. The zero-order chi connectivity index (χ0) is 27.5. The average molecular weight is 547 g/mol. The van der Waals surface area contributed by atoms with Crippen LogP contribution in [-0.4, -0.2) is 35.0 Å². The van der Waals surface area contributed by atoms with Crippen LogP contribution in [0.5, 0.6) is 11.5 Å². The molecule has 1 aliphatic heterocycles. The van der Waals surface area contributed by atoms with Crippen LogP contribution in [0.15, 0.2) is 72.3 Å². The Kier molecular flexibility index (Phi) is 7.60. The summed E-state index contributed by atoms with van der Waals surface area (Å²) in [4.78, 5) is 32.8. The number of unbranched alkanes of at least 4 members (excludes halogenated alkanes) is 1. The van der Waals surface area contributed by atoms with Crippen molar-refractivity contribution < 1.29 is 28.6 Å². The number of aromatic nitrogens is 1. The number of aliphatic hydroxyl groups is 1. The van der Waals surface area contributed by atoms with Gasteiger partial charge in [-0.3, -0.25) is 14.5 Å². The molecule has 1 N–H and O–H groups in total. The molecule has 1 saturated heterocycles. The van der Waals surface area contributed by atoms with Crippen molar-refractivity contribution in [3.63, 3.8) is 0 Å². The van der Waals surface area contributed by atoms with E-state index in [1.807, 2.05) is 13.0 Å². The lowest BCUT2D eigenvalue weighted by molar-refractivity contribution is -0.132. The number of halogens is 1. The van der Waals surface area contributed by atoms with Crippen molar-refractivity contribution in [3.8, 4) is 11.5 Å². The first kappa shape index (κ1) is 26.4. The smallest absolute Gasteiger partial charge is 0.301 e. The molecule has 4 aromatic rings. The molecule has 0 bridgehead atoms. The van der Waals surface area contributed by atoms with Gasteiger partial charge in [0.15, 0.2) is 5.13 Å². The molecule has 1 amide bonds. The lowest BCUT2D eigenvalue weighted by atomic mass is 9.95. The van der Waals surface area contributed by atoms with Gasteiger partial charge in [0.2, 0.25) is 0 Å². The van der Waals surface area contributed by atoms with E-state index in [2.05, 4.69) is 11.9 Å². The number of anilines is 1. The van der Waals surface area contributed by atoms with E-state index in [0.717, 1.165) is 17.5 Å². The minimum atomic E-state index is -0.952. The fourth-order valence-corrected chi connectivity index (χ4v) is 5.46. The summed E-state index contributed by atoms with van der Waals surface area (Å²) in [7, 11) is 0. The van der Waals surface area contributed by atoms with Gasteiger partial charge in [-0.25, -0.2) is 9.37 Å². The van der Waals surface area contributed by atoms with Gasteiger partial charge in [0.25, 0.3) is 5.78 Å². The number of ketones is 1. The summed E-state index contributed by atoms with van der Waals surface area (Å²) in [6.07, 6.45) is 1.92. The van der Waals surface area contributed by atoms with Crippen molar-refractivity contribution in [3.05, 3.63) is 89.2 Å². The predicted octanol–water partition coefficient (Wildman–Crippen LogP) is 6.64. The first-order valence-electron chi connectivity index (χ1n) is 12.7. The zero-order valence-corrected chi connectivity index (χ0v) is 22.3. The van der Waals surface area contributed by atoms with E-state index in [4.69, 9.17) is 9.47 Å². The molecule has 0 spiro atoms. The van der Waals surface area contributed by atoms with E-state index in [9.17, 15) is 19.1 Å². The maximum atomic E-state index is 13.6. The quantitative estimate of drug-likeness (QED) is 0.110. The SMILES string of the molecule is CCCCOc1ccc(C2/C(=C(\O)c3ccc(F)cc3)C(=O)C(=O)N2c2nc3ccc(OCC)cc3s2)cc1. The van der Waals surface area contributed by atoms with Crippen LogP contribution in [0.3, 0.4) is 0 Å². The summed E-state index contributed by atoms with van der Waals surface area (Å²) >= 11 is 1.25. The number of carbonyl (C=O) groups is 2. The average Bonchev–Trinajstić information content (AvgIpc) is 3.47. The number of amides is 1. The minimum Gasteiger partial charge on any atom is -0.507 e. The molecule has 5 rings (SSSR count). The number of hydrogen-bond acceptors (Lipinski definition) is 7. The Labute approximate surface area is 229 Å². The molecule has 0 radical (unpaired) electrons. The van der Waals surface area contributed by atoms with Gasteiger partial charge in [0.1, 0.15) is 23.1 Å². The second-order valence-corrected chi connectivity index (χ2v) is 10.0. The number of nitrogens with zero attached hydrogens (tertiary/aromatic N) is 2. The number of fused-ring (bicyclic) bond motifs is 1. The number of ether oxygens (including phenoxy) is 2. The van der Waals surface area contributed by atoms with Gasteiger partial charge in [-0.1, -0.05) is 36.8 Å². The maximum absolute atomic E-state index is 13.6. The molecule has 39 heavy (non-hydrogen) atoms.